The molecule has 0 unspecified atom stereocenters. The maximum Gasteiger partial charge on any atom is 0.319 e. The summed E-state index contributed by atoms with van der Waals surface area (Å²) in [7, 11) is 1.62. The molecule has 2 rings (SSSR count). The molecule has 2 aromatic rings. The lowest BCUT2D eigenvalue weighted by atomic mass is 9.99. The van der Waals surface area contributed by atoms with E-state index in [-0.39, 0.29) is 12.5 Å². The molecule has 2 N–H and O–H groups in total. The van der Waals surface area contributed by atoms with E-state index in [9.17, 15) is 9.59 Å². The smallest absolute Gasteiger partial charge is 0.319 e. The maximum atomic E-state index is 12.2. The molecule has 1 heterocycles. The summed E-state index contributed by atoms with van der Waals surface area (Å²) >= 11 is 0. The van der Waals surface area contributed by atoms with Crippen molar-refractivity contribution in [3.05, 3.63) is 48.3 Å². The zero-order valence-corrected chi connectivity index (χ0v) is 15.7. The summed E-state index contributed by atoms with van der Waals surface area (Å²) in [6.07, 6.45) is 3.77. The Hall–Kier alpha value is -2.87. The second-order valence-corrected chi connectivity index (χ2v) is 5.96. The summed E-state index contributed by atoms with van der Waals surface area (Å²) in [6.45, 7) is 3.38. The molecule has 8 nitrogen and oxygen atoms in total. The highest BCUT2D eigenvalue weighted by Gasteiger charge is 2.21. The number of esters is 1. The van der Waals surface area contributed by atoms with Gasteiger partial charge in [-0.05, 0) is 18.9 Å². The summed E-state index contributed by atoms with van der Waals surface area (Å²) in [5, 5.41) is 9.56. The SMILES string of the molecule is CCOC(=O)[C@H](CNC(=O)Nc1cnn(CCOC)c1)Cc1ccccc1. The van der Waals surface area contributed by atoms with E-state index in [1.165, 1.54) is 0 Å². The Kier molecular flexibility index (Phi) is 8.31. The van der Waals surface area contributed by atoms with Gasteiger partial charge in [-0.3, -0.25) is 9.48 Å². The summed E-state index contributed by atoms with van der Waals surface area (Å²) in [6, 6.07) is 9.24. The van der Waals surface area contributed by atoms with Crippen LogP contribution in [0.15, 0.2) is 42.7 Å². The third kappa shape index (κ3) is 7.10. The molecule has 0 spiro atoms. The van der Waals surface area contributed by atoms with E-state index in [1.807, 2.05) is 30.3 Å². The van der Waals surface area contributed by atoms with Crippen LogP contribution >= 0.6 is 0 Å². The van der Waals surface area contributed by atoms with Crippen molar-refractivity contribution in [1.29, 1.82) is 0 Å². The minimum Gasteiger partial charge on any atom is -0.466 e. The van der Waals surface area contributed by atoms with E-state index in [1.54, 1.807) is 31.1 Å². The van der Waals surface area contributed by atoms with Crippen LogP contribution in [0.4, 0.5) is 10.5 Å². The number of hydrogen-bond donors (Lipinski definition) is 2. The number of carbonyl (C=O) groups excluding carboxylic acids is 2. The molecule has 0 fully saturated rings. The average Bonchev–Trinajstić information content (AvgIpc) is 3.11. The predicted molar refractivity (Wildman–Crippen MR) is 101 cm³/mol. The highest BCUT2D eigenvalue weighted by Crippen LogP contribution is 2.11. The third-order valence-corrected chi connectivity index (χ3v) is 3.87. The van der Waals surface area contributed by atoms with Crippen LogP contribution in [0, 0.1) is 5.92 Å². The fourth-order valence-corrected chi connectivity index (χ4v) is 2.52. The molecule has 0 radical (unpaired) electrons. The molecule has 0 aliphatic rings. The van der Waals surface area contributed by atoms with Gasteiger partial charge in [0.25, 0.3) is 0 Å². The fourth-order valence-electron chi connectivity index (χ4n) is 2.52. The molecule has 2 amide bonds. The van der Waals surface area contributed by atoms with E-state index in [0.29, 0.717) is 31.9 Å². The number of ether oxygens (including phenoxy) is 2. The predicted octanol–water partition coefficient (Wildman–Crippen LogP) is 2.07. The first-order chi connectivity index (χ1) is 13.1. The lowest BCUT2D eigenvalue weighted by Crippen LogP contribution is -2.37. The molecule has 27 heavy (non-hydrogen) atoms. The molecular weight excluding hydrogens is 348 g/mol. The van der Waals surface area contributed by atoms with Crippen LogP contribution < -0.4 is 10.6 Å². The van der Waals surface area contributed by atoms with Gasteiger partial charge >= 0.3 is 12.0 Å². The Morgan fingerprint density at radius 3 is 2.74 bits per heavy atom. The van der Waals surface area contributed by atoms with Crippen molar-refractivity contribution in [1.82, 2.24) is 15.1 Å². The molecule has 0 aliphatic carbocycles. The van der Waals surface area contributed by atoms with Gasteiger partial charge in [0.2, 0.25) is 0 Å². The Labute approximate surface area is 158 Å². The van der Waals surface area contributed by atoms with E-state index in [4.69, 9.17) is 9.47 Å². The first-order valence-electron chi connectivity index (χ1n) is 8.89. The van der Waals surface area contributed by atoms with Crippen molar-refractivity contribution < 1.29 is 19.1 Å². The van der Waals surface area contributed by atoms with Crippen LogP contribution in [0.3, 0.4) is 0 Å². The van der Waals surface area contributed by atoms with Gasteiger partial charge in [-0.2, -0.15) is 5.10 Å². The number of rotatable bonds is 10. The fraction of sp³-hybridized carbons (Fsp3) is 0.421. The number of urea groups is 1. The lowest BCUT2D eigenvalue weighted by molar-refractivity contribution is -0.147. The Morgan fingerprint density at radius 1 is 1.26 bits per heavy atom. The quantitative estimate of drug-likeness (QED) is 0.621. The van der Waals surface area contributed by atoms with Gasteiger partial charge in [-0.15, -0.1) is 0 Å². The first kappa shape index (κ1) is 20.4. The number of anilines is 1. The molecule has 1 aromatic heterocycles. The van der Waals surface area contributed by atoms with Gasteiger partial charge in [0.15, 0.2) is 0 Å². The number of benzene rings is 1. The minimum absolute atomic E-state index is 0.178. The summed E-state index contributed by atoms with van der Waals surface area (Å²) in [5.74, 6) is -0.781. The van der Waals surface area contributed by atoms with Crippen molar-refractivity contribution >= 4 is 17.7 Å². The van der Waals surface area contributed by atoms with E-state index in [2.05, 4.69) is 15.7 Å². The summed E-state index contributed by atoms with van der Waals surface area (Å²) in [5.41, 5.74) is 1.58. The number of methoxy groups -OCH3 is 1. The van der Waals surface area contributed by atoms with Gasteiger partial charge < -0.3 is 20.1 Å². The van der Waals surface area contributed by atoms with E-state index >= 15 is 0 Å². The van der Waals surface area contributed by atoms with Crippen molar-refractivity contribution in [3.63, 3.8) is 0 Å². The van der Waals surface area contributed by atoms with Crippen LogP contribution in [0.2, 0.25) is 0 Å². The third-order valence-electron chi connectivity index (χ3n) is 3.87. The standard InChI is InChI=1S/C19H26N4O4/c1-3-27-18(24)16(11-15-7-5-4-6-8-15)12-20-19(25)22-17-13-21-23(14-17)9-10-26-2/h4-8,13-14,16H,3,9-12H2,1-2H3,(H2,20,22,25)/t16-/m0/s1. The zero-order chi connectivity index (χ0) is 19.5. The highest BCUT2D eigenvalue weighted by molar-refractivity contribution is 5.89. The van der Waals surface area contributed by atoms with Gasteiger partial charge in [0.05, 0.1) is 37.6 Å². The molecule has 0 saturated heterocycles. The highest BCUT2D eigenvalue weighted by atomic mass is 16.5. The average molecular weight is 374 g/mol. The van der Waals surface area contributed by atoms with Crippen LogP contribution in [-0.4, -0.2) is 48.6 Å². The van der Waals surface area contributed by atoms with E-state index in [0.717, 1.165) is 5.56 Å². The van der Waals surface area contributed by atoms with Crippen LogP contribution in [0.1, 0.15) is 12.5 Å². The maximum absolute atomic E-state index is 12.2. The second kappa shape index (κ2) is 11.0. The summed E-state index contributed by atoms with van der Waals surface area (Å²) < 4.78 is 11.8. The van der Waals surface area contributed by atoms with Crippen molar-refractivity contribution in [3.8, 4) is 0 Å². The number of hydrogen-bond acceptors (Lipinski definition) is 5. The summed E-state index contributed by atoms with van der Waals surface area (Å²) in [4.78, 5) is 24.3. The molecule has 1 aromatic carbocycles. The molecule has 0 saturated carbocycles. The number of carbonyl (C=O) groups is 2. The second-order valence-electron chi connectivity index (χ2n) is 5.96. The van der Waals surface area contributed by atoms with Gasteiger partial charge in [0.1, 0.15) is 0 Å². The molecule has 146 valence electrons. The number of nitrogens with zero attached hydrogens (tertiary/aromatic N) is 2. The van der Waals surface area contributed by atoms with Crippen molar-refractivity contribution in [2.24, 2.45) is 5.92 Å². The van der Waals surface area contributed by atoms with Gasteiger partial charge in [-0.25, -0.2) is 4.79 Å². The van der Waals surface area contributed by atoms with Crippen LogP contribution in [-0.2, 0) is 27.2 Å². The minimum atomic E-state index is -0.456. The lowest BCUT2D eigenvalue weighted by Gasteiger charge is -2.16. The van der Waals surface area contributed by atoms with Crippen LogP contribution in [0.5, 0.6) is 0 Å². The topological polar surface area (TPSA) is 94.5 Å². The number of aromatic nitrogens is 2. The normalized spacial score (nSPS) is 11.6. The van der Waals surface area contributed by atoms with E-state index < -0.39 is 11.9 Å². The molecule has 0 bridgehead atoms. The zero-order valence-electron chi connectivity index (χ0n) is 15.7. The number of nitrogens with one attached hydrogen (secondary N) is 2. The van der Waals surface area contributed by atoms with Gasteiger partial charge in [0, 0.05) is 19.9 Å². The van der Waals surface area contributed by atoms with Gasteiger partial charge in [-0.1, -0.05) is 30.3 Å². The Morgan fingerprint density at radius 2 is 2.04 bits per heavy atom. The molecule has 8 heteroatoms. The largest absolute Gasteiger partial charge is 0.466 e. The Bertz CT molecular complexity index is 718. The molecule has 1 atom stereocenters. The Balaban J connectivity index is 1.88. The van der Waals surface area contributed by atoms with Crippen LogP contribution in [0.25, 0.3) is 0 Å². The first-order valence-corrected chi connectivity index (χ1v) is 8.89. The van der Waals surface area contributed by atoms with Crippen molar-refractivity contribution in [2.75, 3.05) is 32.2 Å². The monoisotopic (exact) mass is 374 g/mol. The molecule has 0 aliphatic heterocycles. The van der Waals surface area contributed by atoms with Crippen molar-refractivity contribution in [2.45, 2.75) is 19.9 Å². The molecular formula is C19H26N4O4. The number of amides is 2.